The SMILES string of the molecule is COc1ccc(C(C)(C)C)cc1C(N)CCCN. The van der Waals surface area contributed by atoms with Crippen molar-refractivity contribution in [1.29, 1.82) is 0 Å². The fourth-order valence-corrected chi connectivity index (χ4v) is 1.98. The van der Waals surface area contributed by atoms with Crippen molar-refractivity contribution in [3.8, 4) is 5.75 Å². The number of nitrogens with two attached hydrogens (primary N) is 2. The van der Waals surface area contributed by atoms with E-state index in [9.17, 15) is 0 Å². The minimum Gasteiger partial charge on any atom is -0.496 e. The maximum absolute atomic E-state index is 6.23. The number of ether oxygens (including phenoxy) is 1. The van der Waals surface area contributed by atoms with Crippen molar-refractivity contribution >= 4 is 0 Å². The van der Waals surface area contributed by atoms with Crippen molar-refractivity contribution < 1.29 is 4.74 Å². The Morgan fingerprint density at radius 2 is 1.94 bits per heavy atom. The van der Waals surface area contributed by atoms with Gasteiger partial charge in [0, 0.05) is 11.6 Å². The molecule has 102 valence electrons. The standard InChI is InChI=1S/C15H26N2O/c1-15(2,3)11-7-8-14(18-4)12(10-11)13(17)6-5-9-16/h7-8,10,13H,5-6,9,16-17H2,1-4H3. The maximum Gasteiger partial charge on any atom is 0.123 e. The third-order valence-electron chi connectivity index (χ3n) is 3.21. The second kappa shape index (κ2) is 6.21. The first-order valence-electron chi connectivity index (χ1n) is 6.54. The molecule has 0 aliphatic carbocycles. The smallest absolute Gasteiger partial charge is 0.123 e. The second-order valence-corrected chi connectivity index (χ2v) is 5.74. The molecule has 1 aromatic carbocycles. The van der Waals surface area contributed by atoms with Gasteiger partial charge in [0.15, 0.2) is 0 Å². The van der Waals surface area contributed by atoms with E-state index in [2.05, 4.69) is 32.9 Å². The topological polar surface area (TPSA) is 61.3 Å². The zero-order chi connectivity index (χ0) is 13.8. The Labute approximate surface area is 111 Å². The molecule has 0 saturated carbocycles. The van der Waals surface area contributed by atoms with Crippen LogP contribution >= 0.6 is 0 Å². The van der Waals surface area contributed by atoms with Crippen LogP contribution in [0.15, 0.2) is 18.2 Å². The van der Waals surface area contributed by atoms with Gasteiger partial charge < -0.3 is 16.2 Å². The Balaban J connectivity index is 3.06. The van der Waals surface area contributed by atoms with Gasteiger partial charge in [-0.1, -0.05) is 32.9 Å². The Morgan fingerprint density at radius 3 is 2.44 bits per heavy atom. The summed E-state index contributed by atoms with van der Waals surface area (Å²) in [6, 6.07) is 6.28. The van der Waals surface area contributed by atoms with Crippen molar-refractivity contribution in [2.45, 2.75) is 45.1 Å². The summed E-state index contributed by atoms with van der Waals surface area (Å²) in [6.07, 6.45) is 1.82. The first-order valence-corrected chi connectivity index (χ1v) is 6.54. The fourth-order valence-electron chi connectivity index (χ4n) is 1.98. The van der Waals surface area contributed by atoms with Crippen LogP contribution in [-0.2, 0) is 5.41 Å². The predicted octanol–water partition coefficient (Wildman–Crippen LogP) is 2.73. The molecule has 0 aromatic heterocycles. The monoisotopic (exact) mass is 250 g/mol. The highest BCUT2D eigenvalue weighted by Crippen LogP contribution is 2.32. The van der Waals surface area contributed by atoms with E-state index >= 15 is 0 Å². The molecule has 18 heavy (non-hydrogen) atoms. The molecule has 0 saturated heterocycles. The molecule has 3 nitrogen and oxygen atoms in total. The third-order valence-corrected chi connectivity index (χ3v) is 3.21. The van der Waals surface area contributed by atoms with Crippen molar-refractivity contribution in [3.63, 3.8) is 0 Å². The lowest BCUT2D eigenvalue weighted by Crippen LogP contribution is -2.16. The van der Waals surface area contributed by atoms with E-state index in [1.165, 1.54) is 5.56 Å². The van der Waals surface area contributed by atoms with E-state index in [-0.39, 0.29) is 11.5 Å². The Kier molecular flexibility index (Phi) is 5.17. The van der Waals surface area contributed by atoms with Gasteiger partial charge in [-0.2, -0.15) is 0 Å². The highest BCUT2D eigenvalue weighted by atomic mass is 16.5. The average molecular weight is 250 g/mol. The molecule has 0 aliphatic heterocycles. The third kappa shape index (κ3) is 3.72. The summed E-state index contributed by atoms with van der Waals surface area (Å²) in [7, 11) is 1.69. The maximum atomic E-state index is 6.23. The van der Waals surface area contributed by atoms with Gasteiger partial charge >= 0.3 is 0 Å². The molecule has 1 aromatic rings. The molecular weight excluding hydrogens is 224 g/mol. The second-order valence-electron chi connectivity index (χ2n) is 5.74. The summed E-state index contributed by atoms with van der Waals surface area (Å²) in [5.74, 6) is 0.868. The van der Waals surface area contributed by atoms with E-state index < -0.39 is 0 Å². The van der Waals surface area contributed by atoms with Crippen LogP contribution in [0.5, 0.6) is 5.75 Å². The van der Waals surface area contributed by atoms with Crippen LogP contribution in [0.4, 0.5) is 0 Å². The zero-order valence-electron chi connectivity index (χ0n) is 12.0. The lowest BCUT2D eigenvalue weighted by Gasteiger charge is -2.23. The Bertz CT molecular complexity index is 383. The molecule has 3 heteroatoms. The summed E-state index contributed by atoms with van der Waals surface area (Å²) >= 11 is 0. The van der Waals surface area contributed by atoms with Crippen LogP contribution in [0.1, 0.15) is 50.8 Å². The van der Waals surface area contributed by atoms with E-state index in [0.717, 1.165) is 24.2 Å². The van der Waals surface area contributed by atoms with Gasteiger partial charge in [0.2, 0.25) is 0 Å². The number of hydrogen-bond acceptors (Lipinski definition) is 3. The lowest BCUT2D eigenvalue weighted by atomic mass is 9.85. The van der Waals surface area contributed by atoms with Gasteiger partial charge in [-0.3, -0.25) is 0 Å². The summed E-state index contributed by atoms with van der Waals surface area (Å²) in [5.41, 5.74) is 14.3. The van der Waals surface area contributed by atoms with Gasteiger partial charge in [0.25, 0.3) is 0 Å². The molecule has 1 rings (SSSR count). The molecule has 0 fully saturated rings. The van der Waals surface area contributed by atoms with Crippen LogP contribution in [0.25, 0.3) is 0 Å². The summed E-state index contributed by atoms with van der Waals surface area (Å²) < 4.78 is 5.40. The molecule has 0 bridgehead atoms. The average Bonchev–Trinajstić information content (AvgIpc) is 2.34. The fraction of sp³-hybridized carbons (Fsp3) is 0.600. The number of methoxy groups -OCH3 is 1. The Hall–Kier alpha value is -1.06. The normalized spacial score (nSPS) is 13.4. The highest BCUT2D eigenvalue weighted by molar-refractivity contribution is 5.41. The number of benzene rings is 1. The number of hydrogen-bond donors (Lipinski definition) is 2. The molecule has 0 heterocycles. The van der Waals surface area contributed by atoms with Crippen LogP contribution in [0, 0.1) is 0 Å². The van der Waals surface area contributed by atoms with Gasteiger partial charge in [-0.25, -0.2) is 0 Å². The van der Waals surface area contributed by atoms with Crippen molar-refractivity contribution in [1.82, 2.24) is 0 Å². The van der Waals surface area contributed by atoms with E-state index in [4.69, 9.17) is 16.2 Å². The summed E-state index contributed by atoms with van der Waals surface area (Å²) in [6.45, 7) is 7.27. The summed E-state index contributed by atoms with van der Waals surface area (Å²) in [4.78, 5) is 0. The van der Waals surface area contributed by atoms with Gasteiger partial charge in [0.1, 0.15) is 5.75 Å². The number of rotatable bonds is 5. The quantitative estimate of drug-likeness (QED) is 0.844. The summed E-state index contributed by atoms with van der Waals surface area (Å²) in [5, 5.41) is 0. The molecular formula is C15H26N2O. The highest BCUT2D eigenvalue weighted by Gasteiger charge is 2.18. The minimum atomic E-state index is -0.00852. The van der Waals surface area contributed by atoms with Crippen LogP contribution in [0.2, 0.25) is 0 Å². The van der Waals surface area contributed by atoms with Crippen LogP contribution in [0.3, 0.4) is 0 Å². The van der Waals surface area contributed by atoms with Crippen LogP contribution in [-0.4, -0.2) is 13.7 Å². The van der Waals surface area contributed by atoms with E-state index in [1.807, 2.05) is 6.07 Å². The largest absolute Gasteiger partial charge is 0.496 e. The first kappa shape index (κ1) is 15.0. The van der Waals surface area contributed by atoms with Crippen molar-refractivity contribution in [3.05, 3.63) is 29.3 Å². The van der Waals surface area contributed by atoms with Gasteiger partial charge in [-0.05, 0) is 36.4 Å². The molecule has 0 amide bonds. The zero-order valence-corrected chi connectivity index (χ0v) is 12.0. The van der Waals surface area contributed by atoms with Gasteiger partial charge in [0.05, 0.1) is 7.11 Å². The van der Waals surface area contributed by atoms with Crippen molar-refractivity contribution in [2.75, 3.05) is 13.7 Å². The molecule has 0 spiro atoms. The lowest BCUT2D eigenvalue weighted by molar-refractivity contribution is 0.403. The molecule has 0 aliphatic rings. The Morgan fingerprint density at radius 1 is 1.28 bits per heavy atom. The molecule has 0 radical (unpaired) electrons. The predicted molar refractivity (Wildman–Crippen MR) is 76.9 cm³/mol. The minimum absolute atomic E-state index is 0.00852. The molecule has 1 unspecified atom stereocenters. The molecule has 1 atom stereocenters. The first-order chi connectivity index (χ1) is 8.40. The molecule has 4 N–H and O–H groups in total. The van der Waals surface area contributed by atoms with E-state index in [1.54, 1.807) is 7.11 Å². The van der Waals surface area contributed by atoms with Crippen LogP contribution < -0.4 is 16.2 Å². The van der Waals surface area contributed by atoms with E-state index in [0.29, 0.717) is 6.54 Å². The van der Waals surface area contributed by atoms with Gasteiger partial charge in [-0.15, -0.1) is 0 Å². The van der Waals surface area contributed by atoms with Crippen molar-refractivity contribution in [2.24, 2.45) is 11.5 Å².